The van der Waals surface area contributed by atoms with Crippen LogP contribution >= 0.6 is 11.3 Å². The maximum absolute atomic E-state index is 12.9. The minimum absolute atomic E-state index is 0.153. The highest BCUT2D eigenvalue weighted by atomic mass is 32.1. The first kappa shape index (κ1) is 19.3. The molecule has 0 saturated heterocycles. The van der Waals surface area contributed by atoms with Gasteiger partial charge >= 0.3 is 0 Å². The molecule has 7 heteroatoms. The first-order chi connectivity index (χ1) is 16.2. The highest BCUT2D eigenvalue weighted by Gasteiger charge is 2.12. The highest BCUT2D eigenvalue weighted by molar-refractivity contribution is 7.13. The molecule has 6 aromatic rings. The second kappa shape index (κ2) is 7.96. The molecule has 158 valence electrons. The molecule has 0 saturated carbocycles. The molecule has 0 radical (unpaired) electrons. The van der Waals surface area contributed by atoms with Gasteiger partial charge in [0.25, 0.3) is 5.91 Å². The molecule has 0 unspecified atom stereocenters. The number of aromatic nitrogens is 4. The van der Waals surface area contributed by atoms with Gasteiger partial charge < -0.3 is 5.32 Å². The van der Waals surface area contributed by atoms with Crippen LogP contribution in [0.1, 0.15) is 10.4 Å². The van der Waals surface area contributed by atoms with Gasteiger partial charge in [0.1, 0.15) is 0 Å². The van der Waals surface area contributed by atoms with E-state index < -0.39 is 0 Å². The maximum Gasteiger partial charge on any atom is 0.255 e. The summed E-state index contributed by atoms with van der Waals surface area (Å²) in [6.07, 6.45) is 0. The van der Waals surface area contributed by atoms with Crippen LogP contribution in [0, 0.1) is 0 Å². The van der Waals surface area contributed by atoms with E-state index >= 15 is 0 Å². The van der Waals surface area contributed by atoms with Gasteiger partial charge in [0, 0.05) is 16.8 Å². The van der Waals surface area contributed by atoms with Crippen molar-refractivity contribution in [3.05, 3.63) is 102 Å². The van der Waals surface area contributed by atoms with Gasteiger partial charge in [-0.05, 0) is 58.6 Å². The van der Waals surface area contributed by atoms with Crippen molar-refractivity contribution in [3.63, 3.8) is 0 Å². The summed E-state index contributed by atoms with van der Waals surface area (Å²) in [5.41, 5.74) is 3.65. The molecule has 1 N–H and O–H groups in total. The predicted molar refractivity (Wildman–Crippen MR) is 131 cm³/mol. The Morgan fingerprint density at radius 2 is 1.73 bits per heavy atom. The molecule has 3 aromatic heterocycles. The molecule has 0 aliphatic rings. The fourth-order valence-corrected chi connectivity index (χ4v) is 4.49. The number of thiophene rings is 1. The SMILES string of the molecule is O=C(Nc1cccc(-c2ccc3nnc(-c4cccs4)n3n2)c1)c1ccc2ccccc2c1. The van der Waals surface area contributed by atoms with E-state index in [1.54, 1.807) is 15.9 Å². The zero-order chi connectivity index (χ0) is 22.2. The summed E-state index contributed by atoms with van der Waals surface area (Å²) in [5.74, 6) is 0.558. The van der Waals surface area contributed by atoms with Gasteiger partial charge in [-0.2, -0.15) is 9.61 Å². The summed E-state index contributed by atoms with van der Waals surface area (Å²) in [6.45, 7) is 0. The molecular formula is C26H17N5OS. The van der Waals surface area contributed by atoms with Crippen molar-refractivity contribution < 1.29 is 4.79 Å². The smallest absolute Gasteiger partial charge is 0.255 e. The van der Waals surface area contributed by atoms with Gasteiger partial charge in [0.15, 0.2) is 11.5 Å². The maximum atomic E-state index is 12.9. The van der Waals surface area contributed by atoms with Crippen LogP contribution in [0.2, 0.25) is 0 Å². The Morgan fingerprint density at radius 3 is 2.61 bits per heavy atom. The second-order valence-corrected chi connectivity index (χ2v) is 8.53. The summed E-state index contributed by atoms with van der Waals surface area (Å²) < 4.78 is 1.75. The monoisotopic (exact) mass is 447 g/mol. The third-order valence-corrected chi connectivity index (χ3v) is 6.30. The number of hydrogen-bond acceptors (Lipinski definition) is 5. The normalized spacial score (nSPS) is 11.2. The Labute approximate surface area is 193 Å². The lowest BCUT2D eigenvalue weighted by Gasteiger charge is -2.09. The van der Waals surface area contributed by atoms with Crippen LogP contribution in [0.3, 0.4) is 0 Å². The molecule has 1 amide bonds. The summed E-state index contributed by atoms with van der Waals surface area (Å²) in [5, 5.41) is 20.4. The van der Waals surface area contributed by atoms with Crippen molar-refractivity contribution in [2.75, 3.05) is 5.32 Å². The Kier molecular flexibility index (Phi) is 4.66. The number of nitrogens with one attached hydrogen (secondary N) is 1. The molecule has 0 spiro atoms. The molecule has 6 nitrogen and oxygen atoms in total. The molecule has 0 bridgehead atoms. The van der Waals surface area contributed by atoms with E-state index in [1.807, 2.05) is 96.4 Å². The van der Waals surface area contributed by atoms with Crippen molar-refractivity contribution in [2.24, 2.45) is 0 Å². The van der Waals surface area contributed by atoms with Crippen molar-refractivity contribution in [3.8, 4) is 22.0 Å². The van der Waals surface area contributed by atoms with Crippen molar-refractivity contribution in [1.29, 1.82) is 0 Å². The van der Waals surface area contributed by atoms with E-state index in [9.17, 15) is 4.79 Å². The minimum atomic E-state index is -0.153. The molecule has 0 aliphatic carbocycles. The van der Waals surface area contributed by atoms with E-state index in [0.717, 1.165) is 26.9 Å². The molecule has 0 aliphatic heterocycles. The van der Waals surface area contributed by atoms with Crippen LogP contribution in [-0.4, -0.2) is 25.7 Å². The average molecular weight is 448 g/mol. The Balaban J connectivity index is 1.31. The number of carbonyl (C=O) groups excluding carboxylic acids is 1. The summed E-state index contributed by atoms with van der Waals surface area (Å²) in [4.78, 5) is 13.9. The van der Waals surface area contributed by atoms with Crippen molar-refractivity contribution >= 4 is 39.4 Å². The summed E-state index contributed by atoms with van der Waals surface area (Å²) in [7, 11) is 0. The lowest BCUT2D eigenvalue weighted by molar-refractivity contribution is 0.102. The number of carbonyl (C=O) groups is 1. The van der Waals surface area contributed by atoms with Crippen LogP contribution in [0.15, 0.2) is 96.4 Å². The number of hydrogen-bond donors (Lipinski definition) is 1. The lowest BCUT2D eigenvalue weighted by atomic mass is 10.1. The number of amides is 1. The largest absolute Gasteiger partial charge is 0.322 e. The topological polar surface area (TPSA) is 72.2 Å². The summed E-state index contributed by atoms with van der Waals surface area (Å²) in [6, 6.07) is 29.1. The number of benzene rings is 3. The Hall–Kier alpha value is -4.36. The molecule has 0 fully saturated rings. The van der Waals surface area contributed by atoms with Crippen LogP contribution in [0.4, 0.5) is 5.69 Å². The quantitative estimate of drug-likeness (QED) is 0.364. The van der Waals surface area contributed by atoms with Gasteiger partial charge in [-0.3, -0.25) is 4.79 Å². The first-order valence-corrected chi connectivity index (χ1v) is 11.3. The Morgan fingerprint density at radius 1 is 0.818 bits per heavy atom. The van der Waals surface area contributed by atoms with Crippen LogP contribution in [0.25, 0.3) is 38.4 Å². The fraction of sp³-hybridized carbons (Fsp3) is 0. The molecule has 3 heterocycles. The van der Waals surface area contributed by atoms with Gasteiger partial charge in [0.05, 0.1) is 10.6 Å². The third kappa shape index (κ3) is 3.64. The summed E-state index contributed by atoms with van der Waals surface area (Å²) >= 11 is 1.59. The van der Waals surface area contributed by atoms with E-state index in [2.05, 4.69) is 15.5 Å². The van der Waals surface area contributed by atoms with E-state index in [0.29, 0.717) is 22.7 Å². The van der Waals surface area contributed by atoms with Crippen LogP contribution in [-0.2, 0) is 0 Å². The number of fused-ring (bicyclic) bond motifs is 2. The molecule has 0 atom stereocenters. The minimum Gasteiger partial charge on any atom is -0.322 e. The van der Waals surface area contributed by atoms with Gasteiger partial charge in [-0.1, -0.05) is 48.5 Å². The second-order valence-electron chi connectivity index (χ2n) is 7.59. The zero-order valence-corrected chi connectivity index (χ0v) is 18.2. The average Bonchev–Trinajstić information content (AvgIpc) is 3.53. The van der Waals surface area contributed by atoms with Crippen LogP contribution < -0.4 is 5.32 Å². The number of anilines is 1. The third-order valence-electron chi connectivity index (χ3n) is 5.43. The van der Waals surface area contributed by atoms with Crippen molar-refractivity contribution in [2.45, 2.75) is 0 Å². The van der Waals surface area contributed by atoms with E-state index in [-0.39, 0.29) is 5.91 Å². The molecule has 33 heavy (non-hydrogen) atoms. The standard InChI is InChI=1S/C26H17N5OS/c32-26(20-11-10-17-5-1-2-6-18(17)15-20)27-21-8-3-7-19(16-21)22-12-13-24-28-29-25(31(24)30-22)23-9-4-14-33-23/h1-16H,(H,27,32). The number of nitrogens with zero attached hydrogens (tertiary/aromatic N) is 4. The highest BCUT2D eigenvalue weighted by Crippen LogP contribution is 2.26. The van der Waals surface area contributed by atoms with E-state index in [1.165, 1.54) is 0 Å². The number of rotatable bonds is 4. The Bertz CT molecular complexity index is 1620. The molecule has 3 aromatic carbocycles. The zero-order valence-electron chi connectivity index (χ0n) is 17.3. The first-order valence-electron chi connectivity index (χ1n) is 10.4. The molecule has 6 rings (SSSR count). The fourth-order valence-electron chi connectivity index (χ4n) is 3.79. The van der Waals surface area contributed by atoms with E-state index in [4.69, 9.17) is 5.10 Å². The predicted octanol–water partition coefficient (Wildman–Crippen LogP) is 5.93. The molecular weight excluding hydrogens is 430 g/mol. The van der Waals surface area contributed by atoms with Crippen molar-refractivity contribution in [1.82, 2.24) is 19.8 Å². The van der Waals surface area contributed by atoms with Gasteiger partial charge in [-0.25, -0.2) is 0 Å². The van der Waals surface area contributed by atoms with Crippen LogP contribution in [0.5, 0.6) is 0 Å². The van der Waals surface area contributed by atoms with Gasteiger partial charge in [0.2, 0.25) is 0 Å². The van der Waals surface area contributed by atoms with Gasteiger partial charge in [-0.15, -0.1) is 21.5 Å². The lowest BCUT2D eigenvalue weighted by Crippen LogP contribution is -2.11.